The highest BCUT2D eigenvalue weighted by atomic mass is 35.5. The van der Waals surface area contributed by atoms with Crippen molar-refractivity contribution in [3.8, 4) is 0 Å². The summed E-state index contributed by atoms with van der Waals surface area (Å²) in [6, 6.07) is 11.6. The molecule has 2 amide bonds. The molecule has 0 spiro atoms. The maximum Gasteiger partial charge on any atom is 0.244 e. The Bertz CT molecular complexity index is 1140. The normalized spacial score (nSPS) is 13.1. The van der Waals surface area contributed by atoms with Crippen molar-refractivity contribution in [3.63, 3.8) is 0 Å². The zero-order chi connectivity index (χ0) is 26.3. The largest absolute Gasteiger partial charge is 0.352 e. The van der Waals surface area contributed by atoms with E-state index in [1.165, 1.54) is 4.90 Å². The molecular weight excluding hydrogens is 486 g/mol. The van der Waals surface area contributed by atoms with E-state index in [2.05, 4.69) is 5.32 Å². The van der Waals surface area contributed by atoms with Gasteiger partial charge in [0.1, 0.15) is 12.6 Å². The van der Waals surface area contributed by atoms with E-state index in [1.807, 2.05) is 40.7 Å². The lowest BCUT2D eigenvalue weighted by Gasteiger charge is -2.33. The second kappa shape index (κ2) is 12.4. The van der Waals surface area contributed by atoms with E-state index in [0.717, 1.165) is 33.7 Å². The summed E-state index contributed by atoms with van der Waals surface area (Å²) in [7, 11) is -3.77. The minimum atomic E-state index is -3.77. The van der Waals surface area contributed by atoms with E-state index in [4.69, 9.17) is 11.6 Å². The number of benzene rings is 2. The minimum Gasteiger partial charge on any atom is -0.352 e. The van der Waals surface area contributed by atoms with Crippen LogP contribution in [0.5, 0.6) is 0 Å². The van der Waals surface area contributed by atoms with Crippen LogP contribution in [-0.4, -0.2) is 50.0 Å². The number of carbonyl (C=O) groups excluding carboxylic acids is 2. The molecule has 2 aromatic carbocycles. The molecular formula is C26H36ClN3O4S. The Morgan fingerprint density at radius 3 is 2.20 bits per heavy atom. The van der Waals surface area contributed by atoms with Gasteiger partial charge in [0.2, 0.25) is 21.8 Å². The third kappa shape index (κ3) is 7.70. The molecule has 0 saturated carbocycles. The summed E-state index contributed by atoms with van der Waals surface area (Å²) < 4.78 is 26.7. The Morgan fingerprint density at radius 2 is 1.66 bits per heavy atom. The van der Waals surface area contributed by atoms with Crippen molar-refractivity contribution in [2.75, 3.05) is 17.1 Å². The van der Waals surface area contributed by atoms with Crippen LogP contribution in [0.15, 0.2) is 42.5 Å². The van der Waals surface area contributed by atoms with Gasteiger partial charge in [0, 0.05) is 17.6 Å². The van der Waals surface area contributed by atoms with Gasteiger partial charge < -0.3 is 10.2 Å². The average Bonchev–Trinajstić information content (AvgIpc) is 2.79. The number of nitrogens with zero attached hydrogens (tertiary/aromatic N) is 2. The molecule has 0 radical (unpaired) electrons. The predicted octanol–water partition coefficient (Wildman–Crippen LogP) is 4.44. The van der Waals surface area contributed by atoms with Gasteiger partial charge in [-0.1, -0.05) is 49.7 Å². The number of aryl methyl sites for hydroxylation is 1. The van der Waals surface area contributed by atoms with Crippen molar-refractivity contribution in [2.24, 2.45) is 0 Å². The molecule has 0 saturated heterocycles. The first kappa shape index (κ1) is 28.7. The summed E-state index contributed by atoms with van der Waals surface area (Å²) in [6.45, 7) is 9.16. The smallest absolute Gasteiger partial charge is 0.244 e. The van der Waals surface area contributed by atoms with Gasteiger partial charge in [0.25, 0.3) is 0 Å². The second-order valence-electron chi connectivity index (χ2n) is 8.88. The number of amides is 2. The molecule has 0 fully saturated rings. The molecule has 0 bridgehead atoms. The monoisotopic (exact) mass is 521 g/mol. The number of halogens is 1. The van der Waals surface area contributed by atoms with Crippen molar-refractivity contribution < 1.29 is 18.0 Å². The Balaban J connectivity index is 2.47. The molecule has 192 valence electrons. The maximum absolute atomic E-state index is 13.7. The Labute approximate surface area is 214 Å². The number of carbonyl (C=O) groups is 2. The van der Waals surface area contributed by atoms with Gasteiger partial charge in [-0.2, -0.15) is 0 Å². The SMILES string of the molecule is CC[C@H](C(=O)N[C@@H](C)CC)N(Cc1ccc(Cl)cc1)C(=O)CN(c1cccc(C)c1C)S(C)(=O)=O. The highest BCUT2D eigenvalue weighted by molar-refractivity contribution is 7.92. The molecule has 0 aliphatic heterocycles. The van der Waals surface area contributed by atoms with Crippen LogP contribution in [0.2, 0.25) is 5.02 Å². The highest BCUT2D eigenvalue weighted by Crippen LogP contribution is 2.26. The van der Waals surface area contributed by atoms with E-state index >= 15 is 0 Å². The van der Waals surface area contributed by atoms with Crippen LogP contribution in [0.3, 0.4) is 0 Å². The van der Waals surface area contributed by atoms with Crippen molar-refractivity contribution in [1.82, 2.24) is 10.2 Å². The molecule has 0 aliphatic carbocycles. The fraction of sp³-hybridized carbons (Fsp3) is 0.462. The molecule has 2 atom stereocenters. The van der Waals surface area contributed by atoms with E-state index in [1.54, 1.807) is 36.4 Å². The minimum absolute atomic E-state index is 0.0495. The zero-order valence-corrected chi connectivity index (χ0v) is 22.9. The number of sulfonamides is 1. The maximum atomic E-state index is 13.7. The van der Waals surface area contributed by atoms with Gasteiger partial charge in [-0.15, -0.1) is 0 Å². The highest BCUT2D eigenvalue weighted by Gasteiger charge is 2.32. The van der Waals surface area contributed by atoms with Crippen LogP contribution in [0.1, 0.15) is 50.3 Å². The Hall–Kier alpha value is -2.58. The van der Waals surface area contributed by atoms with Gasteiger partial charge >= 0.3 is 0 Å². The molecule has 35 heavy (non-hydrogen) atoms. The fourth-order valence-corrected chi connectivity index (χ4v) is 4.77. The lowest BCUT2D eigenvalue weighted by molar-refractivity contribution is -0.140. The average molecular weight is 522 g/mol. The van der Waals surface area contributed by atoms with E-state index < -0.39 is 28.5 Å². The zero-order valence-electron chi connectivity index (χ0n) is 21.3. The number of hydrogen-bond donors (Lipinski definition) is 1. The number of rotatable bonds is 11. The molecule has 2 rings (SSSR count). The summed E-state index contributed by atoms with van der Waals surface area (Å²) in [5, 5.41) is 3.52. The van der Waals surface area contributed by atoms with E-state index in [0.29, 0.717) is 17.1 Å². The molecule has 7 nitrogen and oxygen atoms in total. The van der Waals surface area contributed by atoms with Gasteiger partial charge in [-0.3, -0.25) is 13.9 Å². The standard InChI is InChI=1S/C26H36ClN3O4S/c1-7-19(4)28-26(32)23(8-2)29(16-21-12-14-22(27)15-13-21)25(31)17-30(35(6,33)34)24-11-9-10-18(3)20(24)5/h9-15,19,23H,7-8,16-17H2,1-6H3,(H,28,32)/t19-,23+/m0/s1. The quantitative estimate of drug-likeness (QED) is 0.473. The van der Waals surface area contributed by atoms with Crippen LogP contribution in [-0.2, 0) is 26.2 Å². The first-order valence-electron chi connectivity index (χ1n) is 11.8. The van der Waals surface area contributed by atoms with Gasteiger partial charge in [-0.25, -0.2) is 8.42 Å². The number of hydrogen-bond acceptors (Lipinski definition) is 4. The predicted molar refractivity (Wildman–Crippen MR) is 142 cm³/mol. The lowest BCUT2D eigenvalue weighted by Crippen LogP contribution is -2.53. The van der Waals surface area contributed by atoms with Crippen LogP contribution < -0.4 is 9.62 Å². The van der Waals surface area contributed by atoms with Crippen LogP contribution >= 0.6 is 11.6 Å². The Kier molecular flexibility index (Phi) is 10.2. The summed E-state index contributed by atoms with van der Waals surface area (Å²) >= 11 is 6.02. The van der Waals surface area contributed by atoms with Crippen LogP contribution in [0, 0.1) is 13.8 Å². The molecule has 0 heterocycles. The molecule has 0 aromatic heterocycles. The second-order valence-corrected chi connectivity index (χ2v) is 11.2. The van der Waals surface area contributed by atoms with Crippen LogP contribution in [0.4, 0.5) is 5.69 Å². The summed E-state index contributed by atoms with van der Waals surface area (Å²) in [4.78, 5) is 28.3. The molecule has 0 aliphatic rings. The first-order chi connectivity index (χ1) is 16.4. The van der Waals surface area contributed by atoms with Crippen molar-refractivity contribution in [3.05, 3.63) is 64.2 Å². The van der Waals surface area contributed by atoms with E-state index in [-0.39, 0.29) is 18.5 Å². The molecule has 9 heteroatoms. The molecule has 2 aromatic rings. The molecule has 1 N–H and O–H groups in total. The van der Waals surface area contributed by atoms with Crippen LogP contribution in [0.25, 0.3) is 0 Å². The lowest BCUT2D eigenvalue weighted by atomic mass is 10.1. The third-order valence-electron chi connectivity index (χ3n) is 6.18. The van der Waals surface area contributed by atoms with Crippen molar-refractivity contribution in [1.29, 1.82) is 0 Å². The molecule has 0 unspecified atom stereocenters. The van der Waals surface area contributed by atoms with E-state index in [9.17, 15) is 18.0 Å². The van der Waals surface area contributed by atoms with Crippen molar-refractivity contribution >= 4 is 39.1 Å². The third-order valence-corrected chi connectivity index (χ3v) is 7.56. The Morgan fingerprint density at radius 1 is 1.03 bits per heavy atom. The van der Waals surface area contributed by atoms with Crippen molar-refractivity contribution in [2.45, 2.75) is 66.1 Å². The number of nitrogens with one attached hydrogen (secondary N) is 1. The summed E-state index contributed by atoms with van der Waals surface area (Å²) in [6.07, 6.45) is 2.21. The fourth-order valence-electron chi connectivity index (χ4n) is 3.75. The summed E-state index contributed by atoms with van der Waals surface area (Å²) in [5.41, 5.74) is 2.93. The number of anilines is 1. The van der Waals surface area contributed by atoms with Gasteiger partial charge in [0.15, 0.2) is 0 Å². The summed E-state index contributed by atoms with van der Waals surface area (Å²) in [5.74, 6) is -0.723. The topological polar surface area (TPSA) is 86.8 Å². The van der Waals surface area contributed by atoms with Gasteiger partial charge in [-0.05, 0) is 68.5 Å². The van der Waals surface area contributed by atoms with Gasteiger partial charge in [0.05, 0.1) is 11.9 Å². The first-order valence-corrected chi connectivity index (χ1v) is 14.0.